The molecule has 0 bridgehead atoms. The minimum atomic E-state index is -2.82. The first kappa shape index (κ1) is 19.4. The van der Waals surface area contributed by atoms with Gasteiger partial charge in [-0.1, -0.05) is 20.8 Å². The van der Waals surface area contributed by atoms with E-state index in [2.05, 4.69) is 24.1 Å². The molecule has 2 aromatic rings. The Morgan fingerprint density at radius 2 is 1.96 bits per heavy atom. The van der Waals surface area contributed by atoms with E-state index in [4.69, 9.17) is 0 Å². The second-order valence-corrected chi connectivity index (χ2v) is 7.67. The molecule has 1 atom stereocenters. The summed E-state index contributed by atoms with van der Waals surface area (Å²) in [5, 5.41) is 3.04. The van der Waals surface area contributed by atoms with Crippen LogP contribution in [-0.2, 0) is 0 Å². The molecule has 136 valence electrons. The molecule has 2 rings (SSSR count). The number of nitrogens with zero attached hydrogens (tertiary/aromatic N) is 1. The average Bonchev–Trinajstić information content (AvgIpc) is 2.90. The first-order valence-electron chi connectivity index (χ1n) is 8.05. The summed E-state index contributed by atoms with van der Waals surface area (Å²) in [7, 11) is 0. The number of rotatable bonds is 6. The molecule has 0 spiro atoms. The first-order valence-corrected chi connectivity index (χ1v) is 8.87. The summed E-state index contributed by atoms with van der Waals surface area (Å²) in [6, 6.07) is 4.09. The first-order chi connectivity index (χ1) is 11.7. The van der Waals surface area contributed by atoms with Gasteiger partial charge in [0.25, 0.3) is 12.3 Å². The van der Waals surface area contributed by atoms with E-state index < -0.39 is 23.8 Å². The summed E-state index contributed by atoms with van der Waals surface area (Å²) >= 11 is 0.921. The fraction of sp³-hybridized carbons (Fsp3) is 0.444. The predicted octanol–water partition coefficient (Wildman–Crippen LogP) is 5.93. The number of amides is 1. The van der Waals surface area contributed by atoms with E-state index >= 15 is 0 Å². The van der Waals surface area contributed by atoms with Gasteiger partial charge in [-0.25, -0.2) is 18.2 Å². The van der Waals surface area contributed by atoms with E-state index in [0.29, 0.717) is 22.2 Å². The Morgan fingerprint density at radius 3 is 2.56 bits per heavy atom. The summed E-state index contributed by atoms with van der Waals surface area (Å²) in [4.78, 5) is 16.1. The molecule has 1 heterocycles. The number of thiazole rings is 1. The van der Waals surface area contributed by atoms with Crippen molar-refractivity contribution in [2.45, 2.75) is 46.5 Å². The molecule has 1 N–H and O–H groups in total. The molecule has 0 aliphatic heterocycles. The Bertz CT molecular complexity index is 759. The van der Waals surface area contributed by atoms with Crippen LogP contribution in [0.2, 0.25) is 0 Å². The molecule has 0 aliphatic carbocycles. The fourth-order valence-electron chi connectivity index (χ4n) is 2.82. The van der Waals surface area contributed by atoms with Gasteiger partial charge in [-0.3, -0.25) is 4.79 Å². The van der Waals surface area contributed by atoms with Crippen molar-refractivity contribution in [1.82, 2.24) is 4.98 Å². The molecule has 1 aromatic heterocycles. The third kappa shape index (κ3) is 4.81. The summed E-state index contributed by atoms with van der Waals surface area (Å²) in [5.74, 6) is -0.629. The second-order valence-electron chi connectivity index (χ2n) is 6.46. The van der Waals surface area contributed by atoms with Crippen LogP contribution in [-0.4, -0.2) is 10.9 Å². The zero-order valence-electron chi connectivity index (χ0n) is 14.6. The van der Waals surface area contributed by atoms with Gasteiger partial charge in [-0.15, -0.1) is 11.3 Å². The molecule has 1 aromatic carbocycles. The van der Waals surface area contributed by atoms with Gasteiger partial charge in [0.15, 0.2) is 0 Å². The van der Waals surface area contributed by atoms with Gasteiger partial charge in [0.05, 0.1) is 5.01 Å². The zero-order valence-corrected chi connectivity index (χ0v) is 15.4. The van der Waals surface area contributed by atoms with Crippen LogP contribution >= 0.6 is 11.3 Å². The maximum Gasteiger partial charge on any atom is 0.282 e. The van der Waals surface area contributed by atoms with Crippen molar-refractivity contribution in [3.8, 4) is 0 Å². The van der Waals surface area contributed by atoms with E-state index in [1.165, 1.54) is 18.2 Å². The van der Waals surface area contributed by atoms with Crippen molar-refractivity contribution in [2.75, 3.05) is 5.32 Å². The number of aromatic nitrogens is 1. The van der Waals surface area contributed by atoms with Crippen LogP contribution in [0.4, 0.5) is 18.9 Å². The maximum atomic E-state index is 13.7. The number of halogens is 3. The minimum absolute atomic E-state index is 0.0174. The summed E-state index contributed by atoms with van der Waals surface area (Å²) < 4.78 is 39.8. The van der Waals surface area contributed by atoms with Crippen molar-refractivity contribution in [2.24, 2.45) is 5.92 Å². The standard InChI is InChI=1S/C18H21F3N2OS/c1-9(2)7-10(3)13-8-12(19)5-6-14(13)23-18(24)16-15(17(20)21)22-11(4)25-16/h5-6,8-10,17H,7H2,1-4H3,(H,23,24). The maximum absolute atomic E-state index is 13.7. The molecule has 1 amide bonds. The van der Waals surface area contributed by atoms with E-state index in [9.17, 15) is 18.0 Å². The molecule has 0 saturated heterocycles. The molecule has 0 fully saturated rings. The largest absolute Gasteiger partial charge is 0.321 e. The normalized spacial score (nSPS) is 12.7. The highest BCUT2D eigenvalue weighted by molar-refractivity contribution is 7.13. The number of hydrogen-bond donors (Lipinski definition) is 1. The highest BCUT2D eigenvalue weighted by atomic mass is 32.1. The fourth-order valence-corrected chi connectivity index (χ4v) is 3.64. The van der Waals surface area contributed by atoms with Gasteiger partial charge in [0, 0.05) is 5.69 Å². The van der Waals surface area contributed by atoms with Gasteiger partial charge in [-0.05, 0) is 48.9 Å². The van der Waals surface area contributed by atoms with Gasteiger partial charge >= 0.3 is 0 Å². The topological polar surface area (TPSA) is 42.0 Å². The van der Waals surface area contributed by atoms with Crippen LogP contribution in [0.3, 0.4) is 0 Å². The molecule has 3 nitrogen and oxygen atoms in total. The van der Waals surface area contributed by atoms with Crippen molar-refractivity contribution in [1.29, 1.82) is 0 Å². The van der Waals surface area contributed by atoms with Crippen LogP contribution in [0, 0.1) is 18.7 Å². The predicted molar refractivity (Wildman–Crippen MR) is 94.0 cm³/mol. The number of benzene rings is 1. The Balaban J connectivity index is 2.32. The molecule has 7 heteroatoms. The molecular weight excluding hydrogens is 349 g/mol. The number of alkyl halides is 2. The zero-order chi connectivity index (χ0) is 18.7. The minimum Gasteiger partial charge on any atom is -0.321 e. The lowest BCUT2D eigenvalue weighted by molar-refractivity contribution is 0.101. The Kier molecular flexibility index (Phi) is 6.21. The van der Waals surface area contributed by atoms with Crippen molar-refractivity contribution < 1.29 is 18.0 Å². The van der Waals surface area contributed by atoms with Crippen LogP contribution in [0.15, 0.2) is 18.2 Å². The molecule has 0 saturated carbocycles. The lowest BCUT2D eigenvalue weighted by Crippen LogP contribution is -2.15. The Morgan fingerprint density at radius 1 is 1.28 bits per heavy atom. The van der Waals surface area contributed by atoms with Crippen LogP contribution < -0.4 is 5.32 Å². The Labute approximate surface area is 149 Å². The highest BCUT2D eigenvalue weighted by Crippen LogP contribution is 2.32. The van der Waals surface area contributed by atoms with Gasteiger partial charge < -0.3 is 5.32 Å². The summed E-state index contributed by atoms with van der Waals surface area (Å²) in [6.45, 7) is 7.64. The molecule has 25 heavy (non-hydrogen) atoms. The van der Waals surface area contributed by atoms with E-state index in [-0.39, 0.29) is 10.8 Å². The lowest BCUT2D eigenvalue weighted by Gasteiger charge is -2.19. The van der Waals surface area contributed by atoms with Crippen LogP contribution in [0.1, 0.15) is 65.5 Å². The second kappa shape index (κ2) is 7.99. The SMILES string of the molecule is Cc1nc(C(F)F)c(C(=O)Nc2ccc(F)cc2C(C)CC(C)C)s1. The number of nitrogens with one attached hydrogen (secondary N) is 1. The Hall–Kier alpha value is -1.89. The number of carbonyl (C=O) groups excluding carboxylic acids is 1. The average molecular weight is 370 g/mol. The van der Waals surface area contributed by atoms with Gasteiger partial charge in [-0.2, -0.15) is 0 Å². The molecule has 0 aliphatic rings. The van der Waals surface area contributed by atoms with E-state index in [1.807, 2.05) is 6.92 Å². The number of anilines is 1. The molecular formula is C18H21F3N2OS. The molecule has 1 unspecified atom stereocenters. The number of hydrogen-bond acceptors (Lipinski definition) is 3. The number of aryl methyl sites for hydroxylation is 1. The van der Waals surface area contributed by atoms with E-state index in [1.54, 1.807) is 6.92 Å². The number of carbonyl (C=O) groups is 1. The van der Waals surface area contributed by atoms with Gasteiger partial charge in [0.2, 0.25) is 0 Å². The van der Waals surface area contributed by atoms with Crippen molar-refractivity contribution >= 4 is 22.9 Å². The summed E-state index contributed by atoms with van der Waals surface area (Å²) in [5.41, 5.74) is 0.576. The van der Waals surface area contributed by atoms with E-state index in [0.717, 1.165) is 17.8 Å². The van der Waals surface area contributed by atoms with Crippen LogP contribution in [0.5, 0.6) is 0 Å². The van der Waals surface area contributed by atoms with Crippen LogP contribution in [0.25, 0.3) is 0 Å². The smallest absolute Gasteiger partial charge is 0.282 e. The van der Waals surface area contributed by atoms with Crippen molar-refractivity contribution in [3.05, 3.63) is 45.2 Å². The molecule has 0 radical (unpaired) electrons. The monoisotopic (exact) mass is 370 g/mol. The summed E-state index contributed by atoms with van der Waals surface area (Å²) in [6.07, 6.45) is -2.01. The highest BCUT2D eigenvalue weighted by Gasteiger charge is 2.24. The quantitative estimate of drug-likeness (QED) is 0.685. The third-order valence-corrected chi connectivity index (χ3v) is 4.78. The van der Waals surface area contributed by atoms with Gasteiger partial charge in [0.1, 0.15) is 16.4 Å². The van der Waals surface area contributed by atoms with Crippen molar-refractivity contribution in [3.63, 3.8) is 0 Å². The third-order valence-electron chi connectivity index (χ3n) is 3.79. The lowest BCUT2D eigenvalue weighted by atomic mass is 9.90.